The summed E-state index contributed by atoms with van der Waals surface area (Å²) < 4.78 is 81.3. The fourth-order valence-corrected chi connectivity index (χ4v) is 5.01. The first-order valence-electron chi connectivity index (χ1n) is 14.5. The Morgan fingerprint density at radius 2 is 1.82 bits per heavy atom. The molecule has 3 atom stereocenters. The summed E-state index contributed by atoms with van der Waals surface area (Å²) in [5.41, 5.74) is 1.58. The van der Waals surface area contributed by atoms with Gasteiger partial charge >= 0.3 is 12.3 Å². The summed E-state index contributed by atoms with van der Waals surface area (Å²) in [6.07, 6.45) is -3.67. The highest BCUT2D eigenvalue weighted by Crippen LogP contribution is 2.24. The van der Waals surface area contributed by atoms with Crippen LogP contribution in [0, 0.1) is 11.6 Å². The number of rotatable bonds is 12. The maximum absolute atomic E-state index is 15.1. The van der Waals surface area contributed by atoms with Gasteiger partial charge in [-0.1, -0.05) is 18.2 Å². The molecule has 44 heavy (non-hydrogen) atoms. The van der Waals surface area contributed by atoms with E-state index in [-0.39, 0.29) is 49.9 Å². The lowest BCUT2D eigenvalue weighted by Gasteiger charge is -2.30. The van der Waals surface area contributed by atoms with Crippen molar-refractivity contribution in [3.8, 4) is 0 Å². The van der Waals surface area contributed by atoms with Crippen LogP contribution in [0.15, 0.2) is 42.5 Å². The number of amides is 2. The number of alkyl halides is 3. The lowest BCUT2D eigenvalue weighted by atomic mass is 10.00. The number of ether oxygens (including phenoxy) is 3. The van der Waals surface area contributed by atoms with E-state index in [9.17, 15) is 27.2 Å². The van der Waals surface area contributed by atoms with E-state index in [1.54, 1.807) is 29.6 Å². The third kappa shape index (κ3) is 10.9. The molecule has 14 heteroatoms. The van der Waals surface area contributed by atoms with Gasteiger partial charge in [-0.3, -0.25) is 4.79 Å². The van der Waals surface area contributed by atoms with Crippen LogP contribution in [-0.2, 0) is 31.8 Å². The molecule has 2 saturated heterocycles. The van der Waals surface area contributed by atoms with Gasteiger partial charge in [0.15, 0.2) is 0 Å². The average molecular weight is 629 g/mol. The molecule has 2 aromatic carbocycles. The Morgan fingerprint density at radius 3 is 2.50 bits per heavy atom. The molecule has 9 nitrogen and oxygen atoms in total. The third-order valence-corrected chi connectivity index (χ3v) is 7.42. The van der Waals surface area contributed by atoms with Gasteiger partial charge in [0.25, 0.3) is 0 Å². The Hall–Kier alpha value is -3.49. The molecule has 0 aromatic heterocycles. The quantitative estimate of drug-likeness (QED) is 0.265. The summed E-state index contributed by atoms with van der Waals surface area (Å²) in [6, 6.07) is 9.27. The normalized spacial score (nSPS) is 20.0. The van der Waals surface area contributed by atoms with E-state index in [1.165, 1.54) is 18.2 Å². The van der Waals surface area contributed by atoms with E-state index < -0.39 is 36.7 Å². The SMILES string of the molecule is O=C(NCC(F)(F)F)OC[C@@H]1CO[C@H](CCc2c(F)cccc2N[C@@H](Cc2ccc(F)cc2)C(=O)NC2CCOCC2)CN1. The molecular formula is C30H37F5N4O5. The van der Waals surface area contributed by atoms with Crippen LogP contribution in [0.2, 0.25) is 0 Å². The Bertz CT molecular complexity index is 1220. The maximum Gasteiger partial charge on any atom is 0.407 e. The number of halogens is 5. The summed E-state index contributed by atoms with van der Waals surface area (Å²) in [5.74, 6) is -1.08. The van der Waals surface area contributed by atoms with Crippen LogP contribution in [0.1, 0.15) is 30.4 Å². The molecule has 4 N–H and O–H groups in total. The van der Waals surface area contributed by atoms with E-state index in [4.69, 9.17) is 14.2 Å². The first-order chi connectivity index (χ1) is 21.1. The van der Waals surface area contributed by atoms with Crippen molar-refractivity contribution in [2.75, 3.05) is 44.8 Å². The largest absolute Gasteiger partial charge is 0.448 e. The van der Waals surface area contributed by atoms with Crippen LogP contribution in [0.5, 0.6) is 0 Å². The van der Waals surface area contributed by atoms with Crippen LogP contribution in [0.3, 0.4) is 0 Å². The summed E-state index contributed by atoms with van der Waals surface area (Å²) in [6.45, 7) is -0.0512. The average Bonchev–Trinajstić information content (AvgIpc) is 3.00. The second-order valence-electron chi connectivity index (χ2n) is 10.9. The van der Waals surface area contributed by atoms with Crippen LogP contribution in [0.4, 0.5) is 32.4 Å². The Kier molecular flexibility index (Phi) is 12.1. The predicted molar refractivity (Wildman–Crippen MR) is 151 cm³/mol. The molecule has 0 aliphatic carbocycles. The number of hydrogen-bond acceptors (Lipinski definition) is 7. The standard InChI is InChI=1S/C30H37F5N4O5/c31-20-6-4-19(5-7-20)14-27(28(40)38-21-10-12-42-13-11-21)39-26-3-1-2-25(32)24(26)9-8-23-15-36-22(16-43-23)17-44-29(41)37-18-30(33,34)35/h1-7,21-23,27,36,39H,8-18H2,(H,37,41)(H,38,40)/t22-,23+,27-/m0/s1. The van der Waals surface area contributed by atoms with Crippen molar-refractivity contribution < 1.29 is 45.8 Å². The van der Waals surface area contributed by atoms with Gasteiger partial charge in [-0.2, -0.15) is 13.2 Å². The van der Waals surface area contributed by atoms with Crippen molar-refractivity contribution in [1.82, 2.24) is 16.0 Å². The highest BCUT2D eigenvalue weighted by atomic mass is 19.4. The van der Waals surface area contributed by atoms with E-state index in [1.807, 2.05) is 0 Å². The highest BCUT2D eigenvalue weighted by Gasteiger charge is 2.29. The summed E-state index contributed by atoms with van der Waals surface area (Å²) >= 11 is 0. The Labute approximate surface area is 252 Å². The van der Waals surface area contributed by atoms with E-state index >= 15 is 4.39 Å². The molecule has 0 bridgehead atoms. The van der Waals surface area contributed by atoms with Crippen molar-refractivity contribution in [2.24, 2.45) is 0 Å². The number of alkyl carbamates (subject to hydrolysis) is 1. The van der Waals surface area contributed by atoms with Gasteiger partial charge in [-0.25, -0.2) is 13.6 Å². The summed E-state index contributed by atoms with van der Waals surface area (Å²) in [7, 11) is 0. The molecule has 0 radical (unpaired) electrons. The Balaban J connectivity index is 1.33. The molecule has 0 unspecified atom stereocenters. The minimum atomic E-state index is -4.53. The van der Waals surface area contributed by atoms with Gasteiger partial charge in [0.1, 0.15) is 30.8 Å². The summed E-state index contributed by atoms with van der Waals surface area (Å²) in [4.78, 5) is 24.9. The van der Waals surface area contributed by atoms with Gasteiger partial charge in [-0.05, 0) is 55.5 Å². The fraction of sp³-hybridized carbons (Fsp3) is 0.533. The second kappa shape index (κ2) is 16.0. The smallest absolute Gasteiger partial charge is 0.407 e. The van der Waals surface area contributed by atoms with Gasteiger partial charge < -0.3 is 35.5 Å². The molecule has 2 fully saturated rings. The van der Waals surface area contributed by atoms with Crippen molar-refractivity contribution >= 4 is 17.7 Å². The topological polar surface area (TPSA) is 110 Å². The van der Waals surface area contributed by atoms with Crippen LogP contribution in [0.25, 0.3) is 0 Å². The maximum atomic E-state index is 15.1. The van der Waals surface area contributed by atoms with Gasteiger partial charge in [0.05, 0.1) is 18.8 Å². The molecule has 4 rings (SSSR count). The van der Waals surface area contributed by atoms with Crippen molar-refractivity contribution in [1.29, 1.82) is 0 Å². The zero-order chi connectivity index (χ0) is 31.5. The minimum Gasteiger partial charge on any atom is -0.448 e. The van der Waals surface area contributed by atoms with Gasteiger partial charge in [0.2, 0.25) is 5.91 Å². The molecule has 2 aliphatic heterocycles. The zero-order valence-electron chi connectivity index (χ0n) is 24.1. The van der Waals surface area contributed by atoms with Crippen molar-refractivity contribution in [3.05, 3.63) is 65.2 Å². The van der Waals surface area contributed by atoms with Crippen molar-refractivity contribution in [3.63, 3.8) is 0 Å². The molecule has 0 saturated carbocycles. The number of carbonyl (C=O) groups excluding carboxylic acids is 2. The number of carbonyl (C=O) groups is 2. The van der Waals surface area contributed by atoms with Crippen LogP contribution in [-0.4, -0.2) is 81.9 Å². The number of morpholine rings is 1. The molecule has 2 aromatic rings. The molecule has 0 spiro atoms. The predicted octanol–water partition coefficient (Wildman–Crippen LogP) is 3.86. The first kappa shape index (κ1) is 33.4. The molecule has 2 aliphatic rings. The van der Waals surface area contributed by atoms with E-state index in [0.29, 0.717) is 50.3 Å². The van der Waals surface area contributed by atoms with E-state index in [0.717, 1.165) is 5.56 Å². The van der Waals surface area contributed by atoms with Gasteiger partial charge in [-0.15, -0.1) is 0 Å². The lowest BCUT2D eigenvalue weighted by molar-refractivity contribution is -0.124. The van der Waals surface area contributed by atoms with E-state index in [2.05, 4.69) is 16.0 Å². The Morgan fingerprint density at radius 1 is 1.07 bits per heavy atom. The minimum absolute atomic E-state index is 0.0415. The van der Waals surface area contributed by atoms with Crippen LogP contribution < -0.4 is 21.3 Å². The molecular weight excluding hydrogens is 591 g/mol. The van der Waals surface area contributed by atoms with Crippen LogP contribution >= 0.6 is 0 Å². The van der Waals surface area contributed by atoms with Crippen molar-refractivity contribution in [2.45, 2.75) is 62.5 Å². The third-order valence-electron chi connectivity index (χ3n) is 7.42. The first-order valence-corrected chi connectivity index (χ1v) is 14.5. The van der Waals surface area contributed by atoms with Gasteiger partial charge in [0, 0.05) is 43.5 Å². The summed E-state index contributed by atoms with van der Waals surface area (Å²) in [5, 5.41) is 11.0. The number of benzene rings is 2. The fourth-order valence-electron chi connectivity index (χ4n) is 5.01. The molecule has 2 heterocycles. The zero-order valence-corrected chi connectivity index (χ0v) is 24.1. The highest BCUT2D eigenvalue weighted by molar-refractivity contribution is 5.85. The monoisotopic (exact) mass is 628 g/mol. The second-order valence-corrected chi connectivity index (χ2v) is 10.9. The lowest BCUT2D eigenvalue weighted by Crippen LogP contribution is -2.49. The number of hydrogen-bond donors (Lipinski definition) is 4. The molecule has 242 valence electrons. The number of nitrogens with one attached hydrogen (secondary N) is 4. The molecule has 2 amide bonds. The number of anilines is 1.